The van der Waals surface area contributed by atoms with E-state index in [4.69, 9.17) is 0 Å². The molecule has 0 amide bonds. The molecule has 1 heteroatoms. The minimum Gasteiger partial charge on any atom is -0.294 e. The molecule has 0 bridgehead atoms. The fraction of sp³-hybridized carbons (Fsp3) is 0.167. The molecular weight excluding hydrogens is 232 g/mol. The maximum absolute atomic E-state index is 12.3. The highest BCUT2D eigenvalue weighted by molar-refractivity contribution is 5.96. The van der Waals surface area contributed by atoms with E-state index in [1.165, 1.54) is 11.1 Å². The van der Waals surface area contributed by atoms with Crippen LogP contribution in [-0.4, -0.2) is 5.78 Å². The summed E-state index contributed by atoms with van der Waals surface area (Å²) in [5, 5.41) is 0. The van der Waals surface area contributed by atoms with Crippen LogP contribution in [0.4, 0.5) is 0 Å². The zero-order valence-corrected chi connectivity index (χ0v) is 10.8. The Balaban J connectivity index is 1.82. The molecule has 0 saturated heterocycles. The van der Waals surface area contributed by atoms with E-state index in [1.54, 1.807) is 0 Å². The largest absolute Gasteiger partial charge is 0.294 e. The highest BCUT2D eigenvalue weighted by atomic mass is 16.1. The van der Waals surface area contributed by atoms with Gasteiger partial charge in [-0.3, -0.25) is 4.79 Å². The number of Topliss-reactive ketones (excluding diaryl/α,β-unsaturated/α-hetero) is 1. The van der Waals surface area contributed by atoms with Gasteiger partial charge in [0.05, 0.1) is 0 Å². The third kappa shape index (κ3) is 2.50. The van der Waals surface area contributed by atoms with Gasteiger partial charge in [0.25, 0.3) is 0 Å². The smallest absolute Gasteiger partial charge is 0.163 e. The molecule has 1 aliphatic rings. The molecule has 1 unspecified atom stereocenters. The molecule has 0 saturated carbocycles. The van der Waals surface area contributed by atoms with Gasteiger partial charge < -0.3 is 0 Å². The number of rotatable bonds is 3. The zero-order valence-electron chi connectivity index (χ0n) is 10.8. The van der Waals surface area contributed by atoms with Crippen molar-refractivity contribution >= 4 is 11.9 Å². The first-order valence-corrected chi connectivity index (χ1v) is 6.68. The van der Waals surface area contributed by atoms with Crippen molar-refractivity contribution in [1.29, 1.82) is 0 Å². The van der Waals surface area contributed by atoms with Crippen molar-refractivity contribution in [3.63, 3.8) is 0 Å². The number of hydrogen-bond donors (Lipinski definition) is 0. The van der Waals surface area contributed by atoms with Crippen molar-refractivity contribution in [2.24, 2.45) is 0 Å². The Morgan fingerprint density at radius 3 is 2.58 bits per heavy atom. The number of fused-ring (bicyclic) bond motifs is 1. The topological polar surface area (TPSA) is 17.1 Å². The van der Waals surface area contributed by atoms with Gasteiger partial charge in [0.2, 0.25) is 0 Å². The molecule has 2 aromatic carbocycles. The maximum Gasteiger partial charge on any atom is 0.163 e. The first-order chi connectivity index (χ1) is 9.34. The molecule has 3 rings (SSSR count). The van der Waals surface area contributed by atoms with Crippen LogP contribution in [0.3, 0.4) is 0 Å². The predicted octanol–water partition coefficient (Wildman–Crippen LogP) is 4.46. The van der Waals surface area contributed by atoms with Gasteiger partial charge >= 0.3 is 0 Å². The summed E-state index contributed by atoms with van der Waals surface area (Å²) >= 11 is 0. The van der Waals surface area contributed by atoms with Gasteiger partial charge in [-0.05, 0) is 23.5 Å². The fourth-order valence-electron chi connectivity index (χ4n) is 2.68. The maximum atomic E-state index is 12.3. The van der Waals surface area contributed by atoms with Crippen molar-refractivity contribution in [2.45, 2.75) is 18.8 Å². The zero-order chi connectivity index (χ0) is 13.1. The fourth-order valence-corrected chi connectivity index (χ4v) is 2.68. The van der Waals surface area contributed by atoms with Crippen LogP contribution in [0.2, 0.25) is 0 Å². The van der Waals surface area contributed by atoms with E-state index in [2.05, 4.69) is 30.4 Å². The molecule has 0 radical (unpaired) electrons. The summed E-state index contributed by atoms with van der Waals surface area (Å²) < 4.78 is 0. The van der Waals surface area contributed by atoms with E-state index in [0.29, 0.717) is 12.3 Å². The molecule has 1 aliphatic carbocycles. The summed E-state index contributed by atoms with van der Waals surface area (Å²) in [4.78, 5) is 12.3. The Labute approximate surface area is 113 Å². The van der Waals surface area contributed by atoms with Crippen LogP contribution in [0, 0.1) is 0 Å². The number of allylic oxidation sites excluding steroid dienone is 1. The molecule has 19 heavy (non-hydrogen) atoms. The van der Waals surface area contributed by atoms with Gasteiger partial charge in [-0.15, -0.1) is 0 Å². The quantitative estimate of drug-likeness (QED) is 0.733. The summed E-state index contributed by atoms with van der Waals surface area (Å²) in [6, 6.07) is 17.9. The van der Waals surface area contributed by atoms with Gasteiger partial charge in [-0.1, -0.05) is 66.7 Å². The summed E-state index contributed by atoms with van der Waals surface area (Å²) in [6.45, 7) is 0. The molecule has 1 nitrogen and oxygen atoms in total. The van der Waals surface area contributed by atoms with E-state index in [9.17, 15) is 4.79 Å². The number of ketones is 1. The number of hydrogen-bond acceptors (Lipinski definition) is 1. The van der Waals surface area contributed by atoms with Gasteiger partial charge in [0.1, 0.15) is 0 Å². The van der Waals surface area contributed by atoms with Crippen LogP contribution < -0.4 is 0 Å². The first kappa shape index (κ1) is 11.9. The van der Waals surface area contributed by atoms with Crippen LogP contribution in [-0.2, 0) is 0 Å². The van der Waals surface area contributed by atoms with Gasteiger partial charge in [0, 0.05) is 12.0 Å². The standard InChI is InChI=1S/C18H16O/c19-18(15-8-2-1-3-9-15)13-16-11-6-10-14-7-4-5-12-17(14)16/h1-10,12,16H,11,13H2. The van der Waals surface area contributed by atoms with Crippen LogP contribution in [0.25, 0.3) is 6.08 Å². The molecule has 0 aromatic heterocycles. The molecule has 94 valence electrons. The Hall–Kier alpha value is -2.15. The van der Waals surface area contributed by atoms with E-state index in [1.807, 2.05) is 36.4 Å². The second kappa shape index (κ2) is 5.23. The molecule has 0 spiro atoms. The molecule has 2 aromatic rings. The predicted molar refractivity (Wildman–Crippen MR) is 78.2 cm³/mol. The Kier molecular flexibility index (Phi) is 3.28. The lowest BCUT2D eigenvalue weighted by atomic mass is 9.83. The van der Waals surface area contributed by atoms with Crippen LogP contribution >= 0.6 is 0 Å². The second-order valence-corrected chi connectivity index (χ2v) is 4.96. The van der Waals surface area contributed by atoms with Crippen molar-refractivity contribution in [3.8, 4) is 0 Å². The van der Waals surface area contributed by atoms with Crippen molar-refractivity contribution in [3.05, 3.63) is 77.4 Å². The normalized spacial score (nSPS) is 16.9. The molecular formula is C18H16O. The van der Waals surface area contributed by atoms with E-state index in [0.717, 1.165) is 12.0 Å². The number of benzene rings is 2. The van der Waals surface area contributed by atoms with Crippen molar-refractivity contribution in [2.75, 3.05) is 0 Å². The van der Waals surface area contributed by atoms with Gasteiger partial charge in [0.15, 0.2) is 5.78 Å². The summed E-state index contributed by atoms with van der Waals surface area (Å²) in [5.74, 6) is 0.546. The molecule has 0 fully saturated rings. The third-order valence-electron chi connectivity index (χ3n) is 3.68. The van der Waals surface area contributed by atoms with Gasteiger partial charge in [-0.25, -0.2) is 0 Å². The Morgan fingerprint density at radius 1 is 1.00 bits per heavy atom. The van der Waals surface area contributed by atoms with E-state index in [-0.39, 0.29) is 5.78 Å². The van der Waals surface area contributed by atoms with Crippen LogP contribution in [0.1, 0.15) is 40.2 Å². The summed E-state index contributed by atoms with van der Waals surface area (Å²) in [6.07, 6.45) is 5.87. The lowest BCUT2D eigenvalue weighted by Gasteiger charge is -2.21. The van der Waals surface area contributed by atoms with Crippen LogP contribution in [0.5, 0.6) is 0 Å². The highest BCUT2D eigenvalue weighted by Gasteiger charge is 2.20. The first-order valence-electron chi connectivity index (χ1n) is 6.68. The monoisotopic (exact) mass is 248 g/mol. The average molecular weight is 248 g/mol. The Morgan fingerprint density at radius 2 is 1.74 bits per heavy atom. The minimum absolute atomic E-state index is 0.232. The molecule has 1 atom stereocenters. The number of carbonyl (C=O) groups excluding carboxylic acids is 1. The lowest BCUT2D eigenvalue weighted by molar-refractivity contribution is 0.0973. The molecule has 0 N–H and O–H groups in total. The summed E-state index contributed by atoms with van der Waals surface area (Å²) in [7, 11) is 0. The van der Waals surface area contributed by atoms with Gasteiger partial charge in [-0.2, -0.15) is 0 Å². The molecule has 0 aliphatic heterocycles. The second-order valence-electron chi connectivity index (χ2n) is 4.96. The van der Waals surface area contributed by atoms with E-state index >= 15 is 0 Å². The van der Waals surface area contributed by atoms with Crippen LogP contribution in [0.15, 0.2) is 60.7 Å². The third-order valence-corrected chi connectivity index (χ3v) is 3.68. The van der Waals surface area contributed by atoms with E-state index < -0.39 is 0 Å². The minimum atomic E-state index is 0.232. The summed E-state index contributed by atoms with van der Waals surface area (Å²) in [5.41, 5.74) is 3.36. The molecule has 0 heterocycles. The Bertz CT molecular complexity index is 611. The average Bonchev–Trinajstić information content (AvgIpc) is 2.48. The van der Waals surface area contributed by atoms with Crippen molar-refractivity contribution < 1.29 is 4.79 Å². The highest BCUT2D eigenvalue weighted by Crippen LogP contribution is 2.32. The lowest BCUT2D eigenvalue weighted by Crippen LogP contribution is -2.10. The SMILES string of the molecule is O=C(CC1CC=Cc2ccccc21)c1ccccc1. The number of carbonyl (C=O) groups is 1. The van der Waals surface area contributed by atoms with Crippen molar-refractivity contribution in [1.82, 2.24) is 0 Å².